The van der Waals surface area contributed by atoms with Crippen molar-refractivity contribution in [1.29, 1.82) is 0 Å². The van der Waals surface area contributed by atoms with Crippen molar-refractivity contribution in [2.24, 2.45) is 11.8 Å². The molecule has 0 bridgehead atoms. The fourth-order valence-corrected chi connectivity index (χ4v) is 3.10. The molecule has 1 heterocycles. The number of nitrogens with zero attached hydrogens (tertiary/aromatic N) is 1. The summed E-state index contributed by atoms with van der Waals surface area (Å²) >= 11 is 0. The topological polar surface area (TPSA) is 55.8 Å². The van der Waals surface area contributed by atoms with Crippen molar-refractivity contribution < 1.29 is 19.1 Å². The Balaban J connectivity index is 2.00. The van der Waals surface area contributed by atoms with Crippen LogP contribution in [-0.4, -0.2) is 43.4 Å². The van der Waals surface area contributed by atoms with E-state index in [9.17, 15) is 9.59 Å². The van der Waals surface area contributed by atoms with Crippen LogP contribution in [0.5, 0.6) is 11.5 Å². The lowest BCUT2D eigenvalue weighted by molar-refractivity contribution is -0.136. The van der Waals surface area contributed by atoms with Crippen LogP contribution in [-0.2, 0) is 4.79 Å². The maximum atomic E-state index is 12.3. The predicted molar refractivity (Wildman–Crippen MR) is 88.0 cm³/mol. The predicted octanol–water partition coefficient (Wildman–Crippen LogP) is 2.78. The van der Waals surface area contributed by atoms with Crippen LogP contribution in [0.25, 0.3) is 0 Å². The molecule has 1 aromatic rings. The molecule has 2 unspecified atom stereocenters. The van der Waals surface area contributed by atoms with Crippen LogP contribution < -0.4 is 9.47 Å². The molecular weight excluding hydrogens is 294 g/mol. The van der Waals surface area contributed by atoms with Crippen LogP contribution in [0.3, 0.4) is 0 Å². The summed E-state index contributed by atoms with van der Waals surface area (Å²) in [6, 6.07) is 4.98. The number of amides is 1. The summed E-state index contributed by atoms with van der Waals surface area (Å²) in [6.45, 7) is 7.38. The molecule has 0 aliphatic carbocycles. The standard InChI is InChI=1S/C18H25NO4/c1-12-7-13(2)10-19(9-12)18(21)11-23-16-6-5-15(14(3)20)8-17(16)22-4/h5-6,8,12-13H,7,9-11H2,1-4H3. The number of carbonyl (C=O) groups is 2. The number of benzene rings is 1. The van der Waals surface area contributed by atoms with E-state index in [2.05, 4.69) is 13.8 Å². The van der Waals surface area contributed by atoms with Gasteiger partial charge in [-0.05, 0) is 43.4 Å². The van der Waals surface area contributed by atoms with Crippen LogP contribution in [0.2, 0.25) is 0 Å². The van der Waals surface area contributed by atoms with E-state index in [4.69, 9.17) is 9.47 Å². The minimum Gasteiger partial charge on any atom is -0.493 e. The second-order valence-electron chi connectivity index (χ2n) is 6.46. The van der Waals surface area contributed by atoms with Crippen molar-refractivity contribution in [3.63, 3.8) is 0 Å². The number of hydrogen-bond acceptors (Lipinski definition) is 4. The number of hydrogen-bond donors (Lipinski definition) is 0. The molecule has 5 heteroatoms. The molecule has 1 aliphatic heterocycles. The van der Waals surface area contributed by atoms with E-state index in [-0.39, 0.29) is 18.3 Å². The van der Waals surface area contributed by atoms with Crippen LogP contribution in [0.15, 0.2) is 18.2 Å². The molecule has 0 spiro atoms. The SMILES string of the molecule is COc1cc(C(C)=O)ccc1OCC(=O)N1CC(C)CC(C)C1. The molecule has 1 fully saturated rings. The zero-order valence-electron chi connectivity index (χ0n) is 14.3. The van der Waals surface area contributed by atoms with Gasteiger partial charge in [0.1, 0.15) is 0 Å². The third-order valence-corrected chi connectivity index (χ3v) is 4.14. The van der Waals surface area contributed by atoms with Gasteiger partial charge < -0.3 is 14.4 Å². The maximum absolute atomic E-state index is 12.3. The Morgan fingerprint density at radius 2 is 1.83 bits per heavy atom. The van der Waals surface area contributed by atoms with E-state index in [1.54, 1.807) is 18.2 Å². The monoisotopic (exact) mass is 319 g/mol. The average molecular weight is 319 g/mol. The van der Waals surface area contributed by atoms with Gasteiger partial charge in [-0.15, -0.1) is 0 Å². The summed E-state index contributed by atoms with van der Waals surface area (Å²) in [7, 11) is 1.52. The highest BCUT2D eigenvalue weighted by atomic mass is 16.5. The lowest BCUT2D eigenvalue weighted by Crippen LogP contribution is -2.44. The fraction of sp³-hybridized carbons (Fsp3) is 0.556. The summed E-state index contributed by atoms with van der Waals surface area (Å²) in [4.78, 5) is 25.6. The van der Waals surface area contributed by atoms with Gasteiger partial charge in [-0.2, -0.15) is 0 Å². The molecule has 1 saturated heterocycles. The smallest absolute Gasteiger partial charge is 0.260 e. The van der Waals surface area contributed by atoms with Crippen LogP contribution in [0, 0.1) is 11.8 Å². The van der Waals surface area contributed by atoms with Gasteiger partial charge in [0.15, 0.2) is 23.9 Å². The molecule has 5 nitrogen and oxygen atoms in total. The first-order valence-electron chi connectivity index (χ1n) is 8.00. The van der Waals surface area contributed by atoms with E-state index in [1.165, 1.54) is 14.0 Å². The summed E-state index contributed by atoms with van der Waals surface area (Å²) in [6.07, 6.45) is 1.16. The number of carbonyl (C=O) groups excluding carboxylic acids is 2. The van der Waals surface area contributed by atoms with Crippen molar-refractivity contribution in [3.05, 3.63) is 23.8 Å². The molecule has 0 saturated carbocycles. The number of Topliss-reactive ketones (excluding diaryl/α,β-unsaturated/α-hetero) is 1. The van der Waals surface area contributed by atoms with Crippen LogP contribution in [0.4, 0.5) is 0 Å². The molecule has 1 amide bonds. The number of ether oxygens (including phenoxy) is 2. The van der Waals surface area contributed by atoms with Crippen molar-refractivity contribution in [2.45, 2.75) is 27.2 Å². The average Bonchev–Trinajstić information content (AvgIpc) is 2.51. The Morgan fingerprint density at radius 3 is 2.39 bits per heavy atom. The molecule has 1 aromatic carbocycles. The Hall–Kier alpha value is -2.04. The highest BCUT2D eigenvalue weighted by Gasteiger charge is 2.25. The third-order valence-electron chi connectivity index (χ3n) is 4.14. The van der Waals surface area contributed by atoms with Crippen molar-refractivity contribution in [2.75, 3.05) is 26.8 Å². The van der Waals surface area contributed by atoms with Gasteiger partial charge in [-0.1, -0.05) is 13.8 Å². The molecular formula is C18H25NO4. The van der Waals surface area contributed by atoms with Gasteiger partial charge in [0, 0.05) is 18.7 Å². The van der Waals surface area contributed by atoms with Crippen molar-refractivity contribution in [3.8, 4) is 11.5 Å². The van der Waals surface area contributed by atoms with E-state index in [0.717, 1.165) is 19.5 Å². The van der Waals surface area contributed by atoms with Gasteiger partial charge in [0.25, 0.3) is 5.91 Å². The fourth-order valence-electron chi connectivity index (χ4n) is 3.10. The number of methoxy groups -OCH3 is 1. The maximum Gasteiger partial charge on any atom is 0.260 e. The molecule has 2 atom stereocenters. The van der Waals surface area contributed by atoms with Crippen molar-refractivity contribution in [1.82, 2.24) is 4.90 Å². The second kappa shape index (κ2) is 7.49. The number of piperidine rings is 1. The second-order valence-corrected chi connectivity index (χ2v) is 6.46. The normalized spacial score (nSPS) is 21.0. The lowest BCUT2D eigenvalue weighted by atomic mass is 9.92. The summed E-state index contributed by atoms with van der Waals surface area (Å²) in [5.41, 5.74) is 0.555. The lowest BCUT2D eigenvalue weighted by Gasteiger charge is -2.34. The molecule has 0 aromatic heterocycles. The van der Waals surface area contributed by atoms with Crippen LogP contribution in [0.1, 0.15) is 37.6 Å². The first-order chi connectivity index (χ1) is 10.9. The number of likely N-dealkylation sites (tertiary alicyclic amines) is 1. The number of rotatable bonds is 5. The van der Waals surface area contributed by atoms with Crippen molar-refractivity contribution >= 4 is 11.7 Å². The Labute approximate surface area is 137 Å². The van der Waals surface area contributed by atoms with E-state index in [0.29, 0.717) is 28.9 Å². The van der Waals surface area contributed by atoms with Crippen LogP contribution >= 0.6 is 0 Å². The highest BCUT2D eigenvalue weighted by molar-refractivity contribution is 5.94. The molecule has 1 aliphatic rings. The third kappa shape index (κ3) is 4.47. The summed E-state index contributed by atoms with van der Waals surface area (Å²) in [5, 5.41) is 0. The van der Waals surface area contributed by atoms with Gasteiger partial charge in [0.05, 0.1) is 7.11 Å². The van der Waals surface area contributed by atoms with Gasteiger partial charge >= 0.3 is 0 Å². The highest BCUT2D eigenvalue weighted by Crippen LogP contribution is 2.28. The van der Waals surface area contributed by atoms with E-state index >= 15 is 0 Å². The molecule has 0 radical (unpaired) electrons. The zero-order chi connectivity index (χ0) is 17.0. The first kappa shape index (κ1) is 17.3. The zero-order valence-corrected chi connectivity index (χ0v) is 14.3. The Bertz CT molecular complexity index is 574. The molecule has 0 N–H and O–H groups in total. The Morgan fingerprint density at radius 1 is 1.17 bits per heavy atom. The van der Waals surface area contributed by atoms with Gasteiger partial charge in [0.2, 0.25) is 0 Å². The molecule has 2 rings (SSSR count). The Kier molecular flexibility index (Phi) is 5.64. The van der Waals surface area contributed by atoms with E-state index in [1.807, 2.05) is 4.90 Å². The molecule has 126 valence electrons. The van der Waals surface area contributed by atoms with Gasteiger partial charge in [-0.3, -0.25) is 9.59 Å². The van der Waals surface area contributed by atoms with E-state index < -0.39 is 0 Å². The quantitative estimate of drug-likeness (QED) is 0.783. The minimum atomic E-state index is -0.0396. The first-order valence-corrected chi connectivity index (χ1v) is 8.00. The minimum absolute atomic E-state index is 0.0129. The summed E-state index contributed by atoms with van der Waals surface area (Å²) in [5.74, 6) is 1.93. The number of ketones is 1. The van der Waals surface area contributed by atoms with Gasteiger partial charge in [-0.25, -0.2) is 0 Å². The summed E-state index contributed by atoms with van der Waals surface area (Å²) < 4.78 is 10.9. The molecule has 23 heavy (non-hydrogen) atoms. The largest absolute Gasteiger partial charge is 0.493 e.